The van der Waals surface area contributed by atoms with E-state index in [9.17, 15) is 9.59 Å². The summed E-state index contributed by atoms with van der Waals surface area (Å²) in [7, 11) is 0. The fourth-order valence-corrected chi connectivity index (χ4v) is 2.42. The topological polar surface area (TPSA) is 57.6 Å². The first-order valence-corrected chi connectivity index (χ1v) is 6.70. The molecule has 0 saturated carbocycles. The predicted molar refractivity (Wildman–Crippen MR) is 72.9 cm³/mol. The number of hydrogen-bond acceptors (Lipinski definition) is 3. The molecule has 0 bridgehead atoms. The monoisotopic (exact) mass is 267 g/mol. The number of aliphatic carboxylic acids is 1. The molecule has 1 N–H and O–H groups in total. The van der Waals surface area contributed by atoms with Gasteiger partial charge in [0.2, 0.25) is 0 Å². The van der Waals surface area contributed by atoms with Gasteiger partial charge < -0.3 is 10.0 Å². The van der Waals surface area contributed by atoms with Gasteiger partial charge in [-0.05, 0) is 31.6 Å². The van der Waals surface area contributed by atoms with Crippen molar-refractivity contribution in [2.75, 3.05) is 13.1 Å². The average Bonchev–Trinajstić information content (AvgIpc) is 2.81. The van der Waals surface area contributed by atoms with E-state index in [-0.39, 0.29) is 5.91 Å². The molecule has 98 valence electrons. The molecule has 0 aliphatic carbocycles. The largest absolute Gasteiger partial charge is 0.478 e. The van der Waals surface area contributed by atoms with Crippen molar-refractivity contribution in [3.05, 3.63) is 28.0 Å². The van der Waals surface area contributed by atoms with Crippen molar-refractivity contribution in [1.82, 2.24) is 4.90 Å². The van der Waals surface area contributed by atoms with E-state index in [1.807, 2.05) is 13.8 Å². The van der Waals surface area contributed by atoms with Crippen LogP contribution in [0.3, 0.4) is 0 Å². The summed E-state index contributed by atoms with van der Waals surface area (Å²) in [6.45, 7) is 5.41. The van der Waals surface area contributed by atoms with Gasteiger partial charge >= 0.3 is 5.97 Å². The molecule has 1 amide bonds. The Labute approximate surface area is 111 Å². The van der Waals surface area contributed by atoms with Crippen LogP contribution in [-0.4, -0.2) is 35.0 Å². The molecule has 5 heteroatoms. The first-order chi connectivity index (χ1) is 8.58. The minimum atomic E-state index is -0.988. The molecule has 1 rings (SSSR count). The van der Waals surface area contributed by atoms with Crippen LogP contribution in [0.5, 0.6) is 0 Å². The lowest BCUT2D eigenvalue weighted by molar-refractivity contribution is -0.131. The third-order valence-corrected chi connectivity index (χ3v) is 3.43. The van der Waals surface area contributed by atoms with E-state index in [4.69, 9.17) is 5.11 Å². The first kappa shape index (κ1) is 14.4. The molecule has 1 aromatic rings. The molecule has 0 aliphatic heterocycles. The summed E-state index contributed by atoms with van der Waals surface area (Å²) in [6.07, 6.45) is 3.50. The number of carboxylic acids is 1. The van der Waals surface area contributed by atoms with Crippen molar-refractivity contribution in [3.63, 3.8) is 0 Å². The van der Waals surface area contributed by atoms with Crippen LogP contribution in [-0.2, 0) is 4.79 Å². The lowest BCUT2D eigenvalue weighted by Crippen LogP contribution is -2.30. The minimum absolute atomic E-state index is 0.0133. The zero-order valence-electron chi connectivity index (χ0n) is 10.5. The number of hydrogen-bond donors (Lipinski definition) is 1. The van der Waals surface area contributed by atoms with E-state index in [2.05, 4.69) is 0 Å². The molecule has 0 radical (unpaired) electrons. The van der Waals surface area contributed by atoms with Crippen molar-refractivity contribution in [1.29, 1.82) is 0 Å². The third kappa shape index (κ3) is 4.00. The highest BCUT2D eigenvalue weighted by Gasteiger charge is 2.14. The standard InChI is InChI=1S/C13H17NO3S/c1-3-9-14(4-2)13(17)11-7-5-10(18-11)6-8-12(15)16/h5-8H,3-4,9H2,1-2H3,(H,15,16)/b8-6+. The van der Waals surface area contributed by atoms with Gasteiger partial charge in [0.25, 0.3) is 5.91 Å². The SMILES string of the molecule is CCCN(CC)C(=O)c1ccc(/C=C/C(=O)O)s1. The van der Waals surface area contributed by atoms with Gasteiger partial charge in [-0.3, -0.25) is 4.79 Å². The number of carbonyl (C=O) groups is 2. The second kappa shape index (κ2) is 6.96. The molecule has 0 atom stereocenters. The summed E-state index contributed by atoms with van der Waals surface area (Å²) in [5.74, 6) is -0.975. The van der Waals surface area contributed by atoms with E-state index in [0.717, 1.165) is 23.9 Å². The van der Waals surface area contributed by atoms with Gasteiger partial charge in [0.1, 0.15) is 0 Å². The van der Waals surface area contributed by atoms with Crippen molar-refractivity contribution in [2.45, 2.75) is 20.3 Å². The molecule has 0 saturated heterocycles. The van der Waals surface area contributed by atoms with Crippen molar-refractivity contribution in [2.24, 2.45) is 0 Å². The lowest BCUT2D eigenvalue weighted by atomic mass is 10.3. The van der Waals surface area contributed by atoms with E-state index in [0.29, 0.717) is 11.4 Å². The van der Waals surface area contributed by atoms with Gasteiger partial charge in [0.15, 0.2) is 0 Å². The van der Waals surface area contributed by atoms with Gasteiger partial charge in [-0.1, -0.05) is 6.92 Å². The van der Waals surface area contributed by atoms with E-state index >= 15 is 0 Å². The van der Waals surface area contributed by atoms with Crippen LogP contribution in [0.2, 0.25) is 0 Å². The Morgan fingerprint density at radius 3 is 2.67 bits per heavy atom. The molecule has 0 aliphatic rings. The molecular weight excluding hydrogens is 250 g/mol. The summed E-state index contributed by atoms with van der Waals surface area (Å²) in [6, 6.07) is 3.50. The summed E-state index contributed by atoms with van der Waals surface area (Å²) in [5, 5.41) is 8.53. The Bertz CT molecular complexity index is 451. The molecule has 0 unspecified atom stereocenters. The van der Waals surface area contributed by atoms with Gasteiger partial charge in [-0.15, -0.1) is 11.3 Å². The summed E-state index contributed by atoms with van der Waals surface area (Å²) in [4.78, 5) is 25.7. The molecule has 4 nitrogen and oxygen atoms in total. The number of carboxylic acid groups (broad SMARTS) is 1. The van der Waals surface area contributed by atoms with Crippen LogP contribution in [0, 0.1) is 0 Å². The second-order valence-electron chi connectivity index (χ2n) is 3.76. The smallest absolute Gasteiger partial charge is 0.328 e. The highest BCUT2D eigenvalue weighted by Crippen LogP contribution is 2.19. The first-order valence-electron chi connectivity index (χ1n) is 5.88. The fourth-order valence-electron chi connectivity index (χ4n) is 1.54. The quantitative estimate of drug-likeness (QED) is 0.806. The molecule has 0 fully saturated rings. The van der Waals surface area contributed by atoms with Crippen LogP contribution in [0.15, 0.2) is 18.2 Å². The number of amides is 1. The molecular formula is C13H17NO3S. The maximum absolute atomic E-state index is 12.1. The normalized spacial score (nSPS) is 10.8. The summed E-state index contributed by atoms with van der Waals surface area (Å²) < 4.78 is 0. The zero-order valence-corrected chi connectivity index (χ0v) is 11.4. The van der Waals surface area contributed by atoms with E-state index in [1.54, 1.807) is 17.0 Å². The van der Waals surface area contributed by atoms with Gasteiger partial charge in [0.05, 0.1) is 4.88 Å². The Kier molecular flexibility index (Phi) is 5.58. The highest BCUT2D eigenvalue weighted by atomic mass is 32.1. The van der Waals surface area contributed by atoms with E-state index in [1.165, 1.54) is 17.4 Å². The maximum atomic E-state index is 12.1. The Hall–Kier alpha value is -1.62. The number of carbonyl (C=O) groups excluding carboxylic acids is 1. The highest BCUT2D eigenvalue weighted by molar-refractivity contribution is 7.14. The molecule has 0 spiro atoms. The summed E-state index contributed by atoms with van der Waals surface area (Å²) >= 11 is 1.31. The van der Waals surface area contributed by atoms with Crippen molar-refractivity contribution >= 4 is 29.3 Å². The predicted octanol–water partition coefficient (Wildman–Crippen LogP) is 2.72. The van der Waals surface area contributed by atoms with Crippen LogP contribution < -0.4 is 0 Å². The number of nitrogens with zero attached hydrogens (tertiary/aromatic N) is 1. The van der Waals surface area contributed by atoms with Crippen LogP contribution in [0.4, 0.5) is 0 Å². The second-order valence-corrected chi connectivity index (χ2v) is 4.87. The average molecular weight is 267 g/mol. The Morgan fingerprint density at radius 1 is 1.39 bits per heavy atom. The zero-order chi connectivity index (χ0) is 13.5. The van der Waals surface area contributed by atoms with Gasteiger partial charge in [-0.2, -0.15) is 0 Å². The fraction of sp³-hybridized carbons (Fsp3) is 0.385. The van der Waals surface area contributed by atoms with Gasteiger partial charge in [-0.25, -0.2) is 4.79 Å². The molecule has 1 aromatic heterocycles. The van der Waals surface area contributed by atoms with Crippen molar-refractivity contribution < 1.29 is 14.7 Å². The Morgan fingerprint density at radius 2 is 2.11 bits per heavy atom. The third-order valence-electron chi connectivity index (χ3n) is 2.39. The number of rotatable bonds is 6. The van der Waals surface area contributed by atoms with Crippen molar-refractivity contribution in [3.8, 4) is 0 Å². The summed E-state index contributed by atoms with van der Waals surface area (Å²) in [5.41, 5.74) is 0. The maximum Gasteiger partial charge on any atom is 0.328 e. The Balaban J connectivity index is 2.78. The van der Waals surface area contributed by atoms with Crippen LogP contribution in [0.1, 0.15) is 34.8 Å². The minimum Gasteiger partial charge on any atom is -0.478 e. The van der Waals surface area contributed by atoms with Crippen LogP contribution >= 0.6 is 11.3 Å². The van der Waals surface area contributed by atoms with Gasteiger partial charge in [0, 0.05) is 24.0 Å². The number of thiophene rings is 1. The lowest BCUT2D eigenvalue weighted by Gasteiger charge is -2.18. The van der Waals surface area contributed by atoms with E-state index < -0.39 is 5.97 Å². The molecule has 0 aromatic carbocycles. The molecule has 18 heavy (non-hydrogen) atoms. The molecule has 1 heterocycles. The van der Waals surface area contributed by atoms with Crippen LogP contribution in [0.25, 0.3) is 6.08 Å².